The maximum absolute atomic E-state index is 12.2. The van der Waals surface area contributed by atoms with Crippen molar-refractivity contribution in [3.63, 3.8) is 0 Å². The van der Waals surface area contributed by atoms with Gasteiger partial charge in [0.05, 0.1) is 13.1 Å². The van der Waals surface area contributed by atoms with Gasteiger partial charge in [0, 0.05) is 31.0 Å². The Hall–Kier alpha value is -2.24. The summed E-state index contributed by atoms with van der Waals surface area (Å²) in [5.41, 5.74) is -0.157. The van der Waals surface area contributed by atoms with Crippen LogP contribution in [-0.2, 0) is 4.79 Å². The molecule has 2 aliphatic heterocycles. The van der Waals surface area contributed by atoms with Gasteiger partial charge in [-0.2, -0.15) is 0 Å². The number of urea groups is 1. The Morgan fingerprint density at radius 3 is 2.48 bits per heavy atom. The fourth-order valence-electron chi connectivity index (χ4n) is 3.28. The molecule has 0 spiro atoms. The monoisotopic (exact) mass is 345 g/mol. The number of para-hydroxylation sites is 1. The summed E-state index contributed by atoms with van der Waals surface area (Å²) in [6.45, 7) is 8.56. The molecule has 0 bridgehead atoms. The fourth-order valence-corrected chi connectivity index (χ4v) is 3.28. The highest BCUT2D eigenvalue weighted by Crippen LogP contribution is 2.25. The normalized spacial score (nSPS) is 21.2. The van der Waals surface area contributed by atoms with Crippen molar-refractivity contribution in [3.05, 3.63) is 30.3 Å². The van der Waals surface area contributed by atoms with Crippen LogP contribution in [0.4, 0.5) is 4.79 Å². The van der Waals surface area contributed by atoms with Gasteiger partial charge in [0.25, 0.3) is 0 Å². The third-order valence-electron chi connectivity index (χ3n) is 4.74. The predicted molar refractivity (Wildman–Crippen MR) is 95.4 cm³/mol. The summed E-state index contributed by atoms with van der Waals surface area (Å²) in [6, 6.07) is 9.57. The van der Waals surface area contributed by atoms with Crippen LogP contribution in [-0.4, -0.2) is 59.6 Å². The van der Waals surface area contributed by atoms with E-state index in [-0.39, 0.29) is 29.5 Å². The van der Waals surface area contributed by atoms with Gasteiger partial charge in [-0.05, 0) is 32.9 Å². The first-order chi connectivity index (χ1) is 11.8. The molecule has 3 amide bonds. The molecule has 0 unspecified atom stereocenters. The van der Waals surface area contributed by atoms with Gasteiger partial charge in [-0.3, -0.25) is 4.79 Å². The lowest BCUT2D eigenvalue weighted by Crippen LogP contribution is -2.59. The molecule has 1 aromatic rings. The fraction of sp³-hybridized carbons (Fsp3) is 0.579. The lowest BCUT2D eigenvalue weighted by Gasteiger charge is -2.39. The molecule has 2 fully saturated rings. The van der Waals surface area contributed by atoms with Crippen molar-refractivity contribution in [1.29, 1.82) is 0 Å². The Labute approximate surface area is 149 Å². The van der Waals surface area contributed by atoms with E-state index in [1.165, 1.54) is 0 Å². The van der Waals surface area contributed by atoms with E-state index in [0.717, 1.165) is 5.75 Å². The van der Waals surface area contributed by atoms with Crippen LogP contribution in [0.1, 0.15) is 27.2 Å². The van der Waals surface area contributed by atoms with E-state index in [4.69, 9.17) is 4.74 Å². The van der Waals surface area contributed by atoms with E-state index < -0.39 is 0 Å². The smallest absolute Gasteiger partial charge is 0.317 e. The molecule has 0 saturated carbocycles. The van der Waals surface area contributed by atoms with Crippen LogP contribution in [0.15, 0.2) is 30.3 Å². The number of likely N-dealkylation sites (tertiary alicyclic amines) is 2. The number of carbonyl (C=O) groups is 2. The van der Waals surface area contributed by atoms with E-state index in [2.05, 4.69) is 5.32 Å². The molecule has 2 aliphatic rings. The third kappa shape index (κ3) is 4.24. The molecule has 1 aromatic carbocycles. The quantitative estimate of drug-likeness (QED) is 0.909. The number of rotatable bonds is 4. The summed E-state index contributed by atoms with van der Waals surface area (Å²) >= 11 is 0. The van der Waals surface area contributed by atoms with Gasteiger partial charge >= 0.3 is 6.03 Å². The number of ether oxygens (including phenoxy) is 1. The minimum Gasteiger partial charge on any atom is -0.487 e. The molecule has 1 N–H and O–H groups in total. The Kier molecular flexibility index (Phi) is 4.88. The number of hydrogen-bond acceptors (Lipinski definition) is 3. The number of benzene rings is 1. The average Bonchev–Trinajstić information content (AvgIpc) is 2.90. The second-order valence-corrected chi connectivity index (χ2v) is 7.89. The van der Waals surface area contributed by atoms with Crippen molar-refractivity contribution >= 4 is 11.9 Å². The summed E-state index contributed by atoms with van der Waals surface area (Å²) in [6.07, 6.45) is 0.565. The first kappa shape index (κ1) is 17.6. The zero-order valence-electron chi connectivity index (χ0n) is 15.2. The van der Waals surface area contributed by atoms with Crippen molar-refractivity contribution in [1.82, 2.24) is 15.1 Å². The SMILES string of the molecule is CC(C)(C)N1C[C@H](CNC(=O)N2CC(Oc3ccccc3)C2)CC1=O. The highest BCUT2D eigenvalue weighted by Gasteiger charge is 2.37. The molecule has 6 heteroatoms. The van der Waals surface area contributed by atoms with Gasteiger partial charge < -0.3 is 19.9 Å². The zero-order valence-corrected chi connectivity index (χ0v) is 15.2. The Morgan fingerprint density at radius 1 is 1.20 bits per heavy atom. The third-order valence-corrected chi connectivity index (χ3v) is 4.74. The highest BCUT2D eigenvalue weighted by atomic mass is 16.5. The van der Waals surface area contributed by atoms with Gasteiger partial charge in [-0.25, -0.2) is 4.79 Å². The average molecular weight is 345 g/mol. The molecule has 6 nitrogen and oxygen atoms in total. The molecule has 25 heavy (non-hydrogen) atoms. The summed E-state index contributed by atoms with van der Waals surface area (Å²) in [5, 5.41) is 2.96. The number of amides is 3. The van der Waals surface area contributed by atoms with Crippen LogP contribution in [0.25, 0.3) is 0 Å². The molecular formula is C19H27N3O3. The molecule has 2 saturated heterocycles. The standard InChI is InChI=1S/C19H27N3O3/c1-19(2,3)22-11-14(9-17(22)23)10-20-18(24)21-12-16(13-21)25-15-7-5-4-6-8-15/h4-8,14,16H,9-13H2,1-3H3,(H,20,24)/t14-/m0/s1. The molecule has 0 aromatic heterocycles. The summed E-state index contributed by atoms with van der Waals surface area (Å²) in [7, 11) is 0. The van der Waals surface area contributed by atoms with Crippen LogP contribution in [0.5, 0.6) is 5.75 Å². The lowest BCUT2D eigenvalue weighted by molar-refractivity contribution is -0.131. The van der Waals surface area contributed by atoms with Crippen LogP contribution in [0.3, 0.4) is 0 Å². The van der Waals surface area contributed by atoms with Crippen LogP contribution in [0, 0.1) is 5.92 Å². The number of nitrogens with zero attached hydrogens (tertiary/aromatic N) is 2. The van der Waals surface area contributed by atoms with Gasteiger partial charge in [-0.1, -0.05) is 18.2 Å². The number of hydrogen-bond donors (Lipinski definition) is 1. The van der Waals surface area contributed by atoms with Crippen LogP contribution >= 0.6 is 0 Å². The Bertz CT molecular complexity index is 621. The van der Waals surface area contributed by atoms with Crippen molar-refractivity contribution < 1.29 is 14.3 Å². The highest BCUT2D eigenvalue weighted by molar-refractivity contribution is 5.80. The minimum atomic E-state index is -0.157. The minimum absolute atomic E-state index is 0.0533. The van der Waals surface area contributed by atoms with Crippen molar-refractivity contribution in [2.45, 2.75) is 38.8 Å². The molecule has 3 rings (SSSR count). The largest absolute Gasteiger partial charge is 0.487 e. The summed E-state index contributed by atoms with van der Waals surface area (Å²) < 4.78 is 5.80. The van der Waals surface area contributed by atoms with Crippen LogP contribution < -0.4 is 10.1 Å². The topological polar surface area (TPSA) is 61.9 Å². The van der Waals surface area contributed by atoms with Gasteiger partial charge in [-0.15, -0.1) is 0 Å². The molecule has 2 heterocycles. The van der Waals surface area contributed by atoms with Crippen molar-refractivity contribution in [2.75, 3.05) is 26.2 Å². The van der Waals surface area contributed by atoms with Gasteiger partial charge in [0.2, 0.25) is 5.91 Å². The number of nitrogens with one attached hydrogen (secondary N) is 1. The maximum atomic E-state index is 12.2. The Morgan fingerprint density at radius 2 is 1.88 bits per heavy atom. The second-order valence-electron chi connectivity index (χ2n) is 7.89. The van der Waals surface area contributed by atoms with E-state index in [9.17, 15) is 9.59 Å². The van der Waals surface area contributed by atoms with E-state index in [1.807, 2.05) is 56.0 Å². The lowest BCUT2D eigenvalue weighted by atomic mass is 10.1. The van der Waals surface area contributed by atoms with E-state index in [1.54, 1.807) is 4.90 Å². The van der Waals surface area contributed by atoms with Crippen molar-refractivity contribution in [3.8, 4) is 5.75 Å². The van der Waals surface area contributed by atoms with E-state index >= 15 is 0 Å². The maximum Gasteiger partial charge on any atom is 0.317 e. The first-order valence-corrected chi connectivity index (χ1v) is 8.88. The van der Waals surface area contributed by atoms with E-state index in [0.29, 0.717) is 32.6 Å². The number of carbonyl (C=O) groups excluding carboxylic acids is 2. The first-order valence-electron chi connectivity index (χ1n) is 8.88. The molecule has 1 atom stereocenters. The molecule has 0 aliphatic carbocycles. The summed E-state index contributed by atoms with van der Waals surface area (Å²) in [5.74, 6) is 1.19. The molecular weight excluding hydrogens is 318 g/mol. The Balaban J connectivity index is 1.38. The van der Waals surface area contributed by atoms with Gasteiger partial charge in [0.15, 0.2) is 0 Å². The van der Waals surface area contributed by atoms with Gasteiger partial charge in [0.1, 0.15) is 11.9 Å². The predicted octanol–water partition coefficient (Wildman–Crippen LogP) is 2.11. The van der Waals surface area contributed by atoms with Crippen LogP contribution in [0.2, 0.25) is 0 Å². The molecule has 136 valence electrons. The van der Waals surface area contributed by atoms with Crippen molar-refractivity contribution in [2.24, 2.45) is 5.92 Å². The second kappa shape index (κ2) is 6.94. The molecule has 0 radical (unpaired) electrons. The summed E-state index contributed by atoms with van der Waals surface area (Å²) in [4.78, 5) is 27.9. The zero-order chi connectivity index (χ0) is 18.0.